The fourth-order valence-electron chi connectivity index (χ4n) is 1.37. The molecule has 84 valence electrons. The van der Waals surface area contributed by atoms with Gasteiger partial charge in [-0.3, -0.25) is 0 Å². The third-order valence-corrected chi connectivity index (χ3v) is 3.90. The average molecular weight is 345 g/mol. The summed E-state index contributed by atoms with van der Waals surface area (Å²) in [6, 6.07) is 6.01. The maximum atomic E-state index is 5.92. The van der Waals surface area contributed by atoms with Crippen molar-refractivity contribution in [2.24, 2.45) is 0 Å². The lowest BCUT2D eigenvalue weighted by molar-refractivity contribution is 1.12. The predicted molar refractivity (Wildman–Crippen MR) is 77.7 cm³/mol. The zero-order valence-electron chi connectivity index (χ0n) is 8.83. The molecule has 1 aromatic carbocycles. The van der Waals surface area contributed by atoms with E-state index in [1.54, 1.807) is 11.3 Å². The molecule has 0 aliphatic rings. The third-order valence-electron chi connectivity index (χ3n) is 2.30. The molecule has 3 nitrogen and oxygen atoms in total. The van der Waals surface area contributed by atoms with Gasteiger partial charge in [-0.1, -0.05) is 0 Å². The maximum absolute atomic E-state index is 5.92. The first kappa shape index (κ1) is 11.7. The number of nitrogen functional groups attached to an aromatic ring is 1. The minimum absolute atomic E-state index is 0.779. The number of aryl methyl sites for hydroxylation is 1. The normalized spacial score (nSPS) is 10.4. The van der Waals surface area contributed by atoms with Crippen LogP contribution in [-0.4, -0.2) is 4.98 Å². The molecule has 0 bridgehead atoms. The van der Waals surface area contributed by atoms with Crippen molar-refractivity contribution in [2.75, 3.05) is 11.1 Å². The van der Waals surface area contributed by atoms with Gasteiger partial charge >= 0.3 is 0 Å². The van der Waals surface area contributed by atoms with Gasteiger partial charge in [-0.25, -0.2) is 4.98 Å². The summed E-state index contributed by atoms with van der Waals surface area (Å²) in [6.07, 6.45) is 0. The van der Waals surface area contributed by atoms with E-state index < -0.39 is 0 Å². The van der Waals surface area contributed by atoms with E-state index in [2.05, 4.69) is 32.9 Å². The van der Waals surface area contributed by atoms with E-state index in [-0.39, 0.29) is 0 Å². The Kier molecular flexibility index (Phi) is 3.65. The van der Waals surface area contributed by atoms with Crippen molar-refractivity contribution in [2.45, 2.75) is 13.5 Å². The summed E-state index contributed by atoms with van der Waals surface area (Å²) in [5.41, 5.74) is 10.6. The molecule has 5 heteroatoms. The van der Waals surface area contributed by atoms with Gasteiger partial charge in [0.25, 0.3) is 0 Å². The van der Waals surface area contributed by atoms with Crippen LogP contribution in [0.15, 0.2) is 23.7 Å². The molecule has 0 amide bonds. The summed E-state index contributed by atoms with van der Waals surface area (Å²) < 4.78 is 1.15. The predicted octanol–water partition coefficient (Wildman–Crippen LogP) is 3.25. The zero-order chi connectivity index (χ0) is 11.5. The number of thiazole rings is 1. The summed E-state index contributed by atoms with van der Waals surface area (Å²) in [6.45, 7) is 2.80. The Morgan fingerprint density at radius 1 is 1.50 bits per heavy atom. The van der Waals surface area contributed by atoms with E-state index in [1.807, 2.05) is 30.6 Å². The topological polar surface area (TPSA) is 50.9 Å². The number of aromatic nitrogens is 1. The minimum Gasteiger partial charge on any atom is -0.397 e. The highest BCUT2D eigenvalue weighted by molar-refractivity contribution is 14.1. The van der Waals surface area contributed by atoms with Crippen LogP contribution in [0.4, 0.5) is 11.4 Å². The van der Waals surface area contributed by atoms with Crippen molar-refractivity contribution < 1.29 is 0 Å². The van der Waals surface area contributed by atoms with E-state index >= 15 is 0 Å². The largest absolute Gasteiger partial charge is 0.397 e. The van der Waals surface area contributed by atoms with E-state index in [0.29, 0.717) is 0 Å². The number of rotatable bonds is 3. The van der Waals surface area contributed by atoms with Gasteiger partial charge in [-0.2, -0.15) is 0 Å². The molecule has 0 spiro atoms. The highest BCUT2D eigenvalue weighted by Crippen LogP contribution is 2.22. The van der Waals surface area contributed by atoms with Gasteiger partial charge in [0.15, 0.2) is 0 Å². The van der Waals surface area contributed by atoms with Gasteiger partial charge in [-0.15, -0.1) is 11.3 Å². The minimum atomic E-state index is 0.779. The van der Waals surface area contributed by atoms with Crippen molar-refractivity contribution >= 4 is 45.3 Å². The number of nitrogens with one attached hydrogen (secondary N) is 1. The van der Waals surface area contributed by atoms with Crippen molar-refractivity contribution in [3.63, 3.8) is 0 Å². The Balaban J connectivity index is 2.08. The third kappa shape index (κ3) is 2.65. The number of hydrogen-bond acceptors (Lipinski definition) is 4. The van der Waals surface area contributed by atoms with Crippen LogP contribution in [0.25, 0.3) is 0 Å². The van der Waals surface area contributed by atoms with Crippen molar-refractivity contribution in [1.29, 1.82) is 0 Å². The average Bonchev–Trinajstić information content (AvgIpc) is 2.63. The van der Waals surface area contributed by atoms with Crippen LogP contribution >= 0.6 is 33.9 Å². The molecule has 0 unspecified atom stereocenters. The first-order chi connectivity index (χ1) is 7.66. The van der Waals surface area contributed by atoms with Crippen LogP contribution in [0.5, 0.6) is 0 Å². The first-order valence-corrected chi connectivity index (χ1v) is 6.80. The fourth-order valence-corrected chi connectivity index (χ4v) is 2.60. The molecule has 1 heterocycles. The van der Waals surface area contributed by atoms with Crippen molar-refractivity contribution in [3.8, 4) is 0 Å². The summed E-state index contributed by atoms with van der Waals surface area (Å²) >= 11 is 3.91. The molecular formula is C11H12IN3S. The molecule has 0 atom stereocenters. The number of halogens is 1. The standard InChI is InChI=1S/C11H12IN3S/c1-7-11(16-6-15-7)5-14-10-3-2-8(12)4-9(10)13/h2-4,6,14H,5,13H2,1H3. The van der Waals surface area contributed by atoms with Crippen molar-refractivity contribution in [1.82, 2.24) is 4.98 Å². The van der Waals surface area contributed by atoms with Gasteiger partial charge in [0, 0.05) is 8.45 Å². The van der Waals surface area contributed by atoms with Gasteiger partial charge in [0.1, 0.15) is 0 Å². The van der Waals surface area contributed by atoms with Crippen LogP contribution in [0.2, 0.25) is 0 Å². The Hall–Kier alpha value is -0.820. The molecule has 0 saturated carbocycles. The summed E-state index contributed by atoms with van der Waals surface area (Å²) in [7, 11) is 0. The van der Waals surface area contributed by atoms with E-state index in [0.717, 1.165) is 27.2 Å². The maximum Gasteiger partial charge on any atom is 0.0798 e. The molecule has 0 fully saturated rings. The van der Waals surface area contributed by atoms with Crippen LogP contribution in [0.3, 0.4) is 0 Å². The highest BCUT2D eigenvalue weighted by Gasteiger charge is 2.03. The second-order valence-corrected chi connectivity index (χ2v) is 5.63. The van der Waals surface area contributed by atoms with Gasteiger partial charge in [0.2, 0.25) is 0 Å². The second kappa shape index (κ2) is 5.01. The molecular weight excluding hydrogens is 333 g/mol. The summed E-state index contributed by atoms with van der Waals surface area (Å²) in [5.74, 6) is 0. The molecule has 0 aliphatic heterocycles. The lowest BCUT2D eigenvalue weighted by Gasteiger charge is -2.08. The van der Waals surface area contributed by atoms with Crippen LogP contribution in [0, 0.1) is 10.5 Å². The number of nitrogens with zero attached hydrogens (tertiary/aromatic N) is 1. The first-order valence-electron chi connectivity index (χ1n) is 4.84. The Morgan fingerprint density at radius 2 is 2.31 bits per heavy atom. The quantitative estimate of drug-likeness (QED) is 0.663. The Morgan fingerprint density at radius 3 is 2.94 bits per heavy atom. The van der Waals surface area contributed by atoms with Crippen LogP contribution in [0.1, 0.15) is 10.6 Å². The monoisotopic (exact) mass is 345 g/mol. The van der Waals surface area contributed by atoms with Crippen molar-refractivity contribution in [3.05, 3.63) is 37.9 Å². The van der Waals surface area contributed by atoms with Gasteiger partial charge in [-0.05, 0) is 47.7 Å². The lowest BCUT2D eigenvalue weighted by atomic mass is 10.2. The highest BCUT2D eigenvalue weighted by atomic mass is 127. The molecule has 2 rings (SSSR count). The van der Waals surface area contributed by atoms with E-state index in [9.17, 15) is 0 Å². The summed E-state index contributed by atoms with van der Waals surface area (Å²) in [5, 5.41) is 3.33. The Labute approximate surface area is 112 Å². The molecule has 0 aliphatic carbocycles. The van der Waals surface area contributed by atoms with Gasteiger partial charge < -0.3 is 11.1 Å². The van der Waals surface area contributed by atoms with E-state index in [1.165, 1.54) is 4.88 Å². The van der Waals surface area contributed by atoms with Crippen LogP contribution < -0.4 is 11.1 Å². The Bertz CT molecular complexity index is 496. The molecule has 3 N–H and O–H groups in total. The smallest absolute Gasteiger partial charge is 0.0798 e. The number of hydrogen-bond donors (Lipinski definition) is 2. The number of nitrogens with two attached hydrogens (primary N) is 1. The fraction of sp³-hybridized carbons (Fsp3) is 0.182. The van der Waals surface area contributed by atoms with Gasteiger partial charge in [0.05, 0.1) is 29.1 Å². The summed E-state index contributed by atoms with van der Waals surface area (Å²) in [4.78, 5) is 5.46. The molecule has 16 heavy (non-hydrogen) atoms. The molecule has 0 radical (unpaired) electrons. The SMILES string of the molecule is Cc1ncsc1CNc1ccc(I)cc1N. The second-order valence-electron chi connectivity index (χ2n) is 3.45. The molecule has 0 saturated heterocycles. The number of benzene rings is 1. The molecule has 2 aromatic rings. The zero-order valence-corrected chi connectivity index (χ0v) is 11.8. The van der Waals surface area contributed by atoms with Crippen LogP contribution in [-0.2, 0) is 6.54 Å². The lowest BCUT2D eigenvalue weighted by Crippen LogP contribution is -2.02. The molecule has 1 aromatic heterocycles. The van der Waals surface area contributed by atoms with E-state index in [4.69, 9.17) is 5.73 Å². The number of anilines is 2.